The quantitative estimate of drug-likeness (QED) is 0.209. The van der Waals surface area contributed by atoms with Crippen LogP contribution in [0.5, 0.6) is 5.88 Å². The van der Waals surface area contributed by atoms with Gasteiger partial charge in [-0.3, -0.25) is 14.6 Å². The number of fused-ring (bicyclic) bond motifs is 1. The van der Waals surface area contributed by atoms with Crippen LogP contribution in [0.1, 0.15) is 51.1 Å². The molecule has 0 saturated carbocycles. The Morgan fingerprint density at radius 3 is 2.67 bits per heavy atom. The number of H-pyrrole nitrogens is 2. The molecule has 0 amide bonds. The van der Waals surface area contributed by atoms with E-state index in [2.05, 4.69) is 43.5 Å². The minimum absolute atomic E-state index is 0.0647. The number of rotatable bonds is 8. The number of hydrogen-bond donors (Lipinski definition) is 3. The highest BCUT2D eigenvalue weighted by Gasteiger charge is 2.15. The molecule has 0 fully saturated rings. The van der Waals surface area contributed by atoms with Crippen molar-refractivity contribution < 1.29 is 9.90 Å². The molecule has 0 radical (unpaired) electrons. The van der Waals surface area contributed by atoms with Crippen LogP contribution in [-0.2, 0) is 19.4 Å². The number of hydrogen-bond acceptors (Lipinski definition) is 5. The van der Waals surface area contributed by atoms with Gasteiger partial charge in [-0.1, -0.05) is 30.3 Å². The molecule has 8 heteroatoms. The molecular formula is C28H28N6O2. The molecule has 0 aliphatic rings. The van der Waals surface area contributed by atoms with E-state index >= 15 is 0 Å². The summed E-state index contributed by atoms with van der Waals surface area (Å²) in [6.07, 6.45) is 2.66. The first kappa shape index (κ1) is 23.3. The molecule has 2 aromatic carbocycles. The number of benzene rings is 2. The van der Waals surface area contributed by atoms with Crippen molar-refractivity contribution in [2.75, 3.05) is 0 Å². The van der Waals surface area contributed by atoms with Crippen molar-refractivity contribution in [1.82, 2.24) is 25.0 Å². The van der Waals surface area contributed by atoms with Crippen molar-refractivity contribution in [3.8, 4) is 5.88 Å². The summed E-state index contributed by atoms with van der Waals surface area (Å²) in [6, 6.07) is 17.9. The molecule has 0 unspecified atom stereocenters. The number of aromatic amines is 2. The molecule has 182 valence electrons. The molecule has 3 aromatic heterocycles. The van der Waals surface area contributed by atoms with Gasteiger partial charge in [0.1, 0.15) is 5.69 Å². The normalized spacial score (nSPS) is 11.6. The van der Waals surface area contributed by atoms with E-state index < -0.39 is 0 Å². The maximum Gasteiger partial charge on any atom is 0.198 e. The zero-order valence-electron chi connectivity index (χ0n) is 20.5. The first-order valence-electron chi connectivity index (χ1n) is 11.9. The van der Waals surface area contributed by atoms with Crippen molar-refractivity contribution in [2.24, 2.45) is 4.99 Å². The number of aromatic hydroxyl groups is 1. The molecule has 5 rings (SSSR count). The summed E-state index contributed by atoms with van der Waals surface area (Å²) in [6.45, 7) is 6.47. The minimum Gasteiger partial charge on any atom is -0.494 e. The van der Waals surface area contributed by atoms with E-state index in [1.807, 2.05) is 57.2 Å². The predicted molar refractivity (Wildman–Crippen MR) is 140 cm³/mol. The van der Waals surface area contributed by atoms with Gasteiger partial charge in [-0.05, 0) is 62.1 Å². The lowest BCUT2D eigenvalue weighted by atomic mass is 9.99. The molecule has 0 saturated heterocycles. The Bertz CT molecular complexity index is 1590. The summed E-state index contributed by atoms with van der Waals surface area (Å²) in [5, 5.41) is 22.7. The van der Waals surface area contributed by atoms with Crippen molar-refractivity contribution in [3.63, 3.8) is 0 Å². The highest BCUT2D eigenvalue weighted by atomic mass is 16.3. The number of aliphatic imine (C=N–C) groups is 1. The monoisotopic (exact) mass is 480 g/mol. The molecular weight excluding hydrogens is 452 g/mol. The molecule has 0 aliphatic heterocycles. The van der Waals surface area contributed by atoms with Crippen LogP contribution in [0.15, 0.2) is 59.6 Å². The average molecular weight is 481 g/mol. The number of aromatic nitrogens is 5. The topological polar surface area (TPSA) is 112 Å². The standard InChI is InChI=1S/C28H28N6O2/c1-4-34-25(10-18(3)33-34)26(35)15-20-7-5-6-19(12-20)13-21-8-9-24-22(14-21)23(28(36)30-24)16-29-27-11-17(2)31-32-27/h5-12,14,16,30,36H,4,13,15H2,1-3H3,(H,31,32). The van der Waals surface area contributed by atoms with Crippen LogP contribution in [0, 0.1) is 13.8 Å². The van der Waals surface area contributed by atoms with Gasteiger partial charge in [0.05, 0.1) is 11.3 Å². The van der Waals surface area contributed by atoms with Crippen LogP contribution in [0.4, 0.5) is 5.82 Å². The summed E-state index contributed by atoms with van der Waals surface area (Å²) < 4.78 is 1.76. The minimum atomic E-state index is 0.0647. The van der Waals surface area contributed by atoms with Gasteiger partial charge in [-0.15, -0.1) is 0 Å². The smallest absolute Gasteiger partial charge is 0.198 e. The summed E-state index contributed by atoms with van der Waals surface area (Å²) in [7, 11) is 0. The van der Waals surface area contributed by atoms with Crippen LogP contribution in [0.25, 0.3) is 10.9 Å². The lowest BCUT2D eigenvalue weighted by molar-refractivity contribution is 0.0982. The molecule has 8 nitrogen and oxygen atoms in total. The number of carbonyl (C=O) groups is 1. The van der Waals surface area contributed by atoms with Gasteiger partial charge >= 0.3 is 0 Å². The Kier molecular flexibility index (Phi) is 6.25. The van der Waals surface area contributed by atoms with Crippen LogP contribution < -0.4 is 0 Å². The summed E-state index contributed by atoms with van der Waals surface area (Å²) >= 11 is 0. The number of nitrogens with zero attached hydrogens (tertiary/aromatic N) is 4. The van der Waals surface area contributed by atoms with E-state index in [0.717, 1.165) is 39.0 Å². The molecule has 0 aliphatic carbocycles. The van der Waals surface area contributed by atoms with Crippen LogP contribution >= 0.6 is 0 Å². The largest absolute Gasteiger partial charge is 0.494 e. The van der Waals surface area contributed by atoms with E-state index in [9.17, 15) is 9.90 Å². The van der Waals surface area contributed by atoms with Crippen molar-refractivity contribution in [3.05, 3.63) is 93.9 Å². The zero-order valence-corrected chi connectivity index (χ0v) is 20.5. The van der Waals surface area contributed by atoms with Crippen molar-refractivity contribution in [2.45, 2.75) is 40.2 Å². The third kappa shape index (κ3) is 4.84. The Morgan fingerprint density at radius 2 is 1.89 bits per heavy atom. The van der Waals surface area contributed by atoms with Gasteiger partial charge < -0.3 is 10.1 Å². The van der Waals surface area contributed by atoms with E-state index in [1.54, 1.807) is 10.9 Å². The fourth-order valence-corrected chi connectivity index (χ4v) is 4.46. The van der Waals surface area contributed by atoms with Gasteiger partial charge in [-0.2, -0.15) is 10.2 Å². The van der Waals surface area contributed by atoms with E-state index in [0.29, 0.717) is 36.5 Å². The van der Waals surface area contributed by atoms with Gasteiger partial charge in [-0.25, -0.2) is 4.99 Å². The summed E-state index contributed by atoms with van der Waals surface area (Å²) in [5.74, 6) is 0.691. The maximum atomic E-state index is 12.9. The first-order valence-corrected chi connectivity index (χ1v) is 11.9. The summed E-state index contributed by atoms with van der Waals surface area (Å²) in [4.78, 5) is 20.3. The lowest BCUT2D eigenvalue weighted by Crippen LogP contribution is -2.11. The Hall–Kier alpha value is -4.46. The Morgan fingerprint density at radius 1 is 1.08 bits per heavy atom. The third-order valence-electron chi connectivity index (χ3n) is 6.15. The molecule has 3 N–H and O–H groups in total. The van der Waals surface area contributed by atoms with Crippen molar-refractivity contribution >= 4 is 28.7 Å². The summed E-state index contributed by atoms with van der Waals surface area (Å²) in [5.41, 5.74) is 7.05. The van der Waals surface area contributed by atoms with Crippen molar-refractivity contribution in [1.29, 1.82) is 0 Å². The number of carbonyl (C=O) groups excluding carboxylic acids is 1. The second-order valence-electron chi connectivity index (χ2n) is 9.02. The maximum absolute atomic E-state index is 12.9. The highest BCUT2D eigenvalue weighted by molar-refractivity contribution is 6.02. The average Bonchev–Trinajstić information content (AvgIpc) is 3.53. The van der Waals surface area contributed by atoms with Gasteiger partial charge in [0.15, 0.2) is 17.5 Å². The van der Waals surface area contributed by atoms with E-state index in [4.69, 9.17) is 0 Å². The third-order valence-corrected chi connectivity index (χ3v) is 6.15. The first-order chi connectivity index (χ1) is 17.4. The fourth-order valence-electron chi connectivity index (χ4n) is 4.46. The molecule has 36 heavy (non-hydrogen) atoms. The van der Waals surface area contributed by atoms with Crippen LogP contribution in [0.3, 0.4) is 0 Å². The predicted octanol–water partition coefficient (Wildman–Crippen LogP) is 5.20. The molecule has 0 bridgehead atoms. The van der Waals surface area contributed by atoms with Crippen LogP contribution in [0.2, 0.25) is 0 Å². The van der Waals surface area contributed by atoms with Gasteiger partial charge in [0.2, 0.25) is 0 Å². The van der Waals surface area contributed by atoms with E-state index in [1.165, 1.54) is 0 Å². The number of aryl methyl sites for hydroxylation is 3. The molecule has 0 spiro atoms. The molecule has 5 aromatic rings. The molecule has 3 heterocycles. The second kappa shape index (κ2) is 9.65. The highest BCUT2D eigenvalue weighted by Crippen LogP contribution is 2.28. The van der Waals surface area contributed by atoms with Crippen LogP contribution in [-0.4, -0.2) is 42.1 Å². The number of Topliss-reactive ketones (excluding diaryl/α,β-unsaturated/α-hetero) is 1. The van der Waals surface area contributed by atoms with Gasteiger partial charge in [0.25, 0.3) is 0 Å². The van der Waals surface area contributed by atoms with E-state index in [-0.39, 0.29) is 11.7 Å². The Labute approximate surface area is 208 Å². The fraction of sp³-hybridized carbons (Fsp3) is 0.214. The van der Waals surface area contributed by atoms with Gasteiger partial charge in [0, 0.05) is 41.8 Å². The Balaban J connectivity index is 1.36. The molecule has 0 atom stereocenters. The lowest BCUT2D eigenvalue weighted by Gasteiger charge is -2.07. The number of nitrogens with one attached hydrogen (secondary N) is 2. The SMILES string of the molecule is CCn1nc(C)cc1C(=O)Cc1cccc(Cc2ccc3[nH]c(O)c(C=Nc4cc(C)[nH]n4)c3c2)c1. The zero-order chi connectivity index (χ0) is 25.2. The second-order valence-corrected chi connectivity index (χ2v) is 9.02. The number of ketones is 1.